The van der Waals surface area contributed by atoms with Crippen LogP contribution in [0.2, 0.25) is 0 Å². The van der Waals surface area contributed by atoms with Crippen LogP contribution < -0.4 is 16.1 Å². The largest absolute Gasteiger partial charge is 0.396 e. The van der Waals surface area contributed by atoms with Gasteiger partial charge < -0.3 is 15.7 Å². The van der Waals surface area contributed by atoms with Crippen LogP contribution in [0.5, 0.6) is 0 Å². The maximum Gasteiger partial charge on any atom is 0.278 e. The first-order valence-electron chi connectivity index (χ1n) is 9.05. The molecule has 28 heavy (non-hydrogen) atoms. The van der Waals surface area contributed by atoms with Crippen molar-refractivity contribution >= 4 is 17.7 Å². The first-order chi connectivity index (χ1) is 13.3. The third-order valence-electron chi connectivity index (χ3n) is 4.97. The summed E-state index contributed by atoms with van der Waals surface area (Å²) in [5.41, 5.74) is 0.407. The van der Waals surface area contributed by atoms with E-state index in [9.17, 15) is 19.5 Å². The standard InChI is InChI=1S/C20H25N3O5/c1-20(18(26)21-2,19(27)23-28)22-17(25)16-9-7-13(8-10-16)3-4-14-5-6-15(11-14)12-24/h7-10,14-15,24,28H,5-6,11-12H2,1-2H3,(H,21,26)(H,22,25)(H,23,27). The maximum absolute atomic E-state index is 12.4. The molecule has 0 saturated heterocycles. The number of amides is 3. The number of aliphatic hydroxyl groups is 1. The van der Waals surface area contributed by atoms with Crippen molar-refractivity contribution in [1.82, 2.24) is 16.1 Å². The summed E-state index contributed by atoms with van der Waals surface area (Å²) in [6, 6.07) is 6.46. The van der Waals surface area contributed by atoms with Crippen molar-refractivity contribution in [3.63, 3.8) is 0 Å². The molecule has 1 fully saturated rings. The number of likely N-dealkylation sites (N-methyl/N-ethyl adjacent to an activating group) is 1. The van der Waals surface area contributed by atoms with E-state index in [1.54, 1.807) is 24.3 Å². The average Bonchev–Trinajstić information content (AvgIpc) is 3.19. The predicted molar refractivity (Wildman–Crippen MR) is 101 cm³/mol. The van der Waals surface area contributed by atoms with Gasteiger partial charge in [-0.25, -0.2) is 5.48 Å². The Bertz CT molecular complexity index is 778. The Labute approximate surface area is 163 Å². The van der Waals surface area contributed by atoms with Crippen molar-refractivity contribution in [1.29, 1.82) is 0 Å². The molecule has 1 aliphatic carbocycles. The predicted octanol–water partition coefficient (Wildman–Crippen LogP) is 0.187. The molecule has 1 aromatic carbocycles. The van der Waals surface area contributed by atoms with E-state index in [0.29, 0.717) is 5.92 Å². The smallest absolute Gasteiger partial charge is 0.278 e. The lowest BCUT2D eigenvalue weighted by Crippen LogP contribution is -2.64. The molecule has 5 N–H and O–H groups in total. The van der Waals surface area contributed by atoms with Gasteiger partial charge in [0.2, 0.25) is 0 Å². The Morgan fingerprint density at radius 3 is 2.39 bits per heavy atom. The average molecular weight is 387 g/mol. The summed E-state index contributed by atoms with van der Waals surface area (Å²) in [7, 11) is 1.32. The summed E-state index contributed by atoms with van der Waals surface area (Å²) in [5, 5.41) is 22.7. The summed E-state index contributed by atoms with van der Waals surface area (Å²) in [6.45, 7) is 1.39. The lowest BCUT2D eigenvalue weighted by Gasteiger charge is -2.26. The molecular weight excluding hydrogens is 362 g/mol. The summed E-state index contributed by atoms with van der Waals surface area (Å²) in [4.78, 5) is 36.3. The van der Waals surface area contributed by atoms with E-state index in [0.717, 1.165) is 24.8 Å². The van der Waals surface area contributed by atoms with Gasteiger partial charge in [0, 0.05) is 30.7 Å². The van der Waals surface area contributed by atoms with Gasteiger partial charge in [0.25, 0.3) is 17.7 Å². The highest BCUT2D eigenvalue weighted by Crippen LogP contribution is 2.29. The molecule has 1 aromatic rings. The molecule has 0 aliphatic heterocycles. The number of aliphatic hydroxyl groups excluding tert-OH is 1. The Hall–Kier alpha value is -2.89. The van der Waals surface area contributed by atoms with Crippen LogP contribution in [0, 0.1) is 23.7 Å². The molecule has 2 rings (SSSR count). The van der Waals surface area contributed by atoms with Gasteiger partial charge in [-0.2, -0.15) is 0 Å². The SMILES string of the molecule is CNC(=O)C(C)(NC(=O)c1ccc(C#CC2CCC(CO)C2)cc1)C(=O)NO. The maximum atomic E-state index is 12.4. The number of hydrogen-bond acceptors (Lipinski definition) is 5. The van der Waals surface area contributed by atoms with Gasteiger partial charge in [0.1, 0.15) is 0 Å². The zero-order chi connectivity index (χ0) is 20.7. The quantitative estimate of drug-likeness (QED) is 0.213. The van der Waals surface area contributed by atoms with E-state index in [1.807, 2.05) is 0 Å². The van der Waals surface area contributed by atoms with Gasteiger partial charge in [-0.3, -0.25) is 19.6 Å². The van der Waals surface area contributed by atoms with Crippen LogP contribution >= 0.6 is 0 Å². The second-order valence-electron chi connectivity index (χ2n) is 7.00. The third-order valence-corrected chi connectivity index (χ3v) is 4.97. The first kappa shape index (κ1) is 21.4. The van der Waals surface area contributed by atoms with Crippen LogP contribution in [0.4, 0.5) is 0 Å². The molecule has 0 heterocycles. The molecule has 8 heteroatoms. The highest BCUT2D eigenvalue weighted by molar-refractivity contribution is 6.12. The summed E-state index contributed by atoms with van der Waals surface area (Å²) in [5.74, 6) is 4.40. The lowest BCUT2D eigenvalue weighted by molar-refractivity contribution is -0.143. The molecule has 0 spiro atoms. The minimum atomic E-state index is -1.97. The third kappa shape index (κ3) is 4.88. The molecule has 3 amide bonds. The number of rotatable bonds is 5. The fourth-order valence-electron chi connectivity index (χ4n) is 3.14. The van der Waals surface area contributed by atoms with Gasteiger partial charge in [0.15, 0.2) is 5.54 Å². The Morgan fingerprint density at radius 1 is 1.18 bits per heavy atom. The Morgan fingerprint density at radius 2 is 1.86 bits per heavy atom. The zero-order valence-electron chi connectivity index (χ0n) is 15.9. The number of hydroxylamine groups is 1. The van der Waals surface area contributed by atoms with E-state index < -0.39 is 23.3 Å². The second kappa shape index (κ2) is 9.35. The lowest BCUT2D eigenvalue weighted by atomic mass is 9.99. The minimum Gasteiger partial charge on any atom is -0.396 e. The summed E-state index contributed by atoms with van der Waals surface area (Å²) < 4.78 is 0. The highest BCUT2D eigenvalue weighted by atomic mass is 16.5. The van der Waals surface area contributed by atoms with Gasteiger partial charge in [-0.05, 0) is 56.4 Å². The van der Waals surface area contributed by atoms with Crippen LogP contribution in [0.1, 0.15) is 42.1 Å². The van der Waals surface area contributed by atoms with Crippen LogP contribution in [-0.4, -0.2) is 47.2 Å². The highest BCUT2D eigenvalue weighted by Gasteiger charge is 2.42. The molecule has 150 valence electrons. The van der Waals surface area contributed by atoms with Crippen molar-refractivity contribution in [2.24, 2.45) is 11.8 Å². The molecular formula is C20H25N3O5. The Balaban J connectivity index is 2.07. The van der Waals surface area contributed by atoms with Gasteiger partial charge in [0.05, 0.1) is 0 Å². The van der Waals surface area contributed by atoms with Crippen molar-refractivity contribution < 1.29 is 24.7 Å². The van der Waals surface area contributed by atoms with Gasteiger partial charge in [-0.1, -0.05) is 11.8 Å². The molecule has 8 nitrogen and oxygen atoms in total. The second-order valence-corrected chi connectivity index (χ2v) is 7.00. The molecule has 0 aromatic heterocycles. The van der Waals surface area contributed by atoms with Gasteiger partial charge in [-0.15, -0.1) is 0 Å². The normalized spacial score (nSPS) is 20.3. The van der Waals surface area contributed by atoms with Crippen molar-refractivity contribution in [2.45, 2.75) is 31.7 Å². The number of carbonyl (C=O) groups is 3. The molecule has 3 unspecified atom stereocenters. The van der Waals surface area contributed by atoms with Crippen LogP contribution in [0.25, 0.3) is 0 Å². The first-order valence-corrected chi connectivity index (χ1v) is 9.05. The zero-order valence-corrected chi connectivity index (χ0v) is 15.9. The fraction of sp³-hybridized carbons (Fsp3) is 0.450. The number of nitrogens with one attached hydrogen (secondary N) is 3. The van der Waals surface area contributed by atoms with Gasteiger partial charge >= 0.3 is 0 Å². The summed E-state index contributed by atoms with van der Waals surface area (Å²) in [6.07, 6.45) is 2.86. The molecule has 3 atom stereocenters. The van der Waals surface area contributed by atoms with Crippen LogP contribution in [-0.2, 0) is 9.59 Å². The van der Waals surface area contributed by atoms with E-state index in [2.05, 4.69) is 22.5 Å². The monoisotopic (exact) mass is 387 g/mol. The van der Waals surface area contributed by atoms with Crippen molar-refractivity contribution in [3.05, 3.63) is 35.4 Å². The van der Waals surface area contributed by atoms with E-state index in [4.69, 9.17) is 5.21 Å². The molecule has 0 radical (unpaired) electrons. The van der Waals surface area contributed by atoms with Crippen LogP contribution in [0.15, 0.2) is 24.3 Å². The number of benzene rings is 1. The molecule has 1 aliphatic rings. The summed E-state index contributed by atoms with van der Waals surface area (Å²) >= 11 is 0. The molecule has 1 saturated carbocycles. The van der Waals surface area contributed by atoms with Crippen molar-refractivity contribution in [2.75, 3.05) is 13.7 Å². The van der Waals surface area contributed by atoms with E-state index in [1.165, 1.54) is 19.5 Å². The Kier molecular flexibility index (Phi) is 7.15. The topological polar surface area (TPSA) is 128 Å². The van der Waals surface area contributed by atoms with Crippen LogP contribution in [0.3, 0.4) is 0 Å². The number of hydrogen-bond donors (Lipinski definition) is 5. The van der Waals surface area contributed by atoms with E-state index >= 15 is 0 Å². The van der Waals surface area contributed by atoms with Crippen molar-refractivity contribution in [3.8, 4) is 11.8 Å². The molecule has 0 bridgehead atoms. The van der Waals surface area contributed by atoms with E-state index in [-0.39, 0.29) is 18.1 Å². The fourth-order valence-corrected chi connectivity index (χ4v) is 3.14. The minimum absolute atomic E-state index is 0.200. The number of carbonyl (C=O) groups excluding carboxylic acids is 3.